The van der Waals surface area contributed by atoms with Crippen LogP contribution >= 0.6 is 11.8 Å². The monoisotopic (exact) mass is 294 g/mol. The molecule has 1 aromatic heterocycles. The van der Waals surface area contributed by atoms with Gasteiger partial charge < -0.3 is 9.47 Å². The third kappa shape index (κ3) is 3.11. The van der Waals surface area contributed by atoms with Gasteiger partial charge in [-0.15, -0.1) is 0 Å². The molecule has 2 atom stereocenters. The van der Waals surface area contributed by atoms with Gasteiger partial charge in [0.2, 0.25) is 5.88 Å². The van der Waals surface area contributed by atoms with Gasteiger partial charge in [-0.2, -0.15) is 18.2 Å². The molecular weight excluding hydrogens is 281 g/mol. The molecule has 1 saturated carbocycles. The molecule has 4 nitrogen and oxygen atoms in total. The quantitative estimate of drug-likeness (QED) is 0.631. The summed E-state index contributed by atoms with van der Waals surface area (Å²) >= 11 is 1.16. The molecule has 1 fully saturated rings. The van der Waals surface area contributed by atoms with Crippen molar-refractivity contribution in [3.8, 4) is 5.88 Å². The fourth-order valence-corrected chi connectivity index (χ4v) is 2.05. The number of thioether (sulfide) groups is 1. The predicted octanol–water partition coefficient (Wildman–Crippen LogP) is 2.77. The summed E-state index contributed by atoms with van der Waals surface area (Å²) in [5, 5.41) is 0.247. The fraction of sp³-hybridized carbons (Fsp3) is 0.636. The molecule has 0 amide bonds. The zero-order chi connectivity index (χ0) is 14.0. The first kappa shape index (κ1) is 14.4. The lowest BCUT2D eigenvalue weighted by Crippen LogP contribution is -2.43. The summed E-state index contributed by atoms with van der Waals surface area (Å²) < 4.78 is 49.0. The maximum atomic E-state index is 12.8. The van der Waals surface area contributed by atoms with Crippen LogP contribution < -0.4 is 4.74 Å². The topological polar surface area (TPSA) is 44.2 Å². The lowest BCUT2D eigenvalue weighted by atomic mass is 9.92. The van der Waals surface area contributed by atoms with Gasteiger partial charge in [-0.3, -0.25) is 0 Å². The van der Waals surface area contributed by atoms with Gasteiger partial charge in [0.15, 0.2) is 5.16 Å². The van der Waals surface area contributed by atoms with Gasteiger partial charge in [0.25, 0.3) is 0 Å². The number of alkyl halides is 3. The first-order valence-corrected chi connectivity index (χ1v) is 6.86. The van der Waals surface area contributed by atoms with E-state index in [0.717, 1.165) is 24.4 Å². The SMILES string of the molecule is COC1CCC1Oc1nc(SC)ncc1C(F)(F)F. The second kappa shape index (κ2) is 5.54. The van der Waals surface area contributed by atoms with E-state index in [2.05, 4.69) is 9.97 Å². The molecular formula is C11H13F3N2O2S. The third-order valence-electron chi connectivity index (χ3n) is 2.94. The van der Waals surface area contributed by atoms with Gasteiger partial charge >= 0.3 is 6.18 Å². The molecule has 1 aliphatic carbocycles. The Morgan fingerprint density at radius 3 is 2.47 bits per heavy atom. The maximum absolute atomic E-state index is 12.8. The van der Waals surface area contributed by atoms with Gasteiger partial charge in [-0.25, -0.2) is 4.98 Å². The fourth-order valence-electron chi connectivity index (χ4n) is 1.72. The largest absolute Gasteiger partial charge is 0.471 e. The number of rotatable bonds is 4. The minimum atomic E-state index is -4.53. The van der Waals surface area contributed by atoms with Crippen LogP contribution in [0.2, 0.25) is 0 Å². The molecule has 0 bridgehead atoms. The molecule has 2 unspecified atom stereocenters. The van der Waals surface area contributed by atoms with Crippen molar-refractivity contribution in [3.63, 3.8) is 0 Å². The number of hydrogen-bond donors (Lipinski definition) is 0. The molecule has 0 radical (unpaired) electrons. The van der Waals surface area contributed by atoms with Crippen LogP contribution in [0.4, 0.5) is 13.2 Å². The van der Waals surface area contributed by atoms with Crippen LogP contribution in [0, 0.1) is 0 Å². The van der Waals surface area contributed by atoms with Crippen molar-refractivity contribution in [3.05, 3.63) is 11.8 Å². The van der Waals surface area contributed by atoms with Crippen LogP contribution in [0.3, 0.4) is 0 Å². The van der Waals surface area contributed by atoms with Gasteiger partial charge in [0, 0.05) is 13.3 Å². The molecule has 0 aliphatic heterocycles. The van der Waals surface area contributed by atoms with E-state index in [-0.39, 0.29) is 17.4 Å². The highest BCUT2D eigenvalue weighted by molar-refractivity contribution is 7.98. The van der Waals surface area contributed by atoms with E-state index in [1.54, 1.807) is 6.26 Å². The Kier molecular flexibility index (Phi) is 4.19. The Morgan fingerprint density at radius 2 is 2.00 bits per heavy atom. The zero-order valence-corrected chi connectivity index (χ0v) is 11.2. The Morgan fingerprint density at radius 1 is 1.32 bits per heavy atom. The number of ether oxygens (including phenoxy) is 2. The first-order valence-electron chi connectivity index (χ1n) is 5.63. The summed E-state index contributed by atoms with van der Waals surface area (Å²) in [6, 6.07) is 0. The molecule has 8 heteroatoms. The van der Waals surface area contributed by atoms with Crippen molar-refractivity contribution in [1.82, 2.24) is 9.97 Å². The lowest BCUT2D eigenvalue weighted by Gasteiger charge is -2.35. The van der Waals surface area contributed by atoms with E-state index in [1.807, 2.05) is 0 Å². The normalized spacial score (nSPS) is 23.0. The molecule has 1 aromatic rings. The predicted molar refractivity (Wildman–Crippen MR) is 63.3 cm³/mol. The number of hydrogen-bond acceptors (Lipinski definition) is 5. The summed E-state index contributed by atoms with van der Waals surface area (Å²) in [6.07, 6.45) is -1.19. The summed E-state index contributed by atoms with van der Waals surface area (Å²) in [5.74, 6) is -0.418. The minimum Gasteiger partial charge on any atom is -0.471 e. The van der Waals surface area contributed by atoms with E-state index < -0.39 is 17.6 Å². The highest BCUT2D eigenvalue weighted by Crippen LogP contribution is 2.37. The highest BCUT2D eigenvalue weighted by atomic mass is 32.2. The minimum absolute atomic E-state index is 0.172. The number of methoxy groups -OCH3 is 1. The van der Waals surface area contributed by atoms with Crippen LogP contribution in [-0.2, 0) is 10.9 Å². The summed E-state index contributed by atoms with van der Waals surface area (Å²) in [4.78, 5) is 7.44. The Hall–Kier alpha value is -1.02. The Balaban J connectivity index is 2.25. The van der Waals surface area contributed by atoms with Crippen LogP contribution in [0.5, 0.6) is 5.88 Å². The summed E-state index contributed by atoms with van der Waals surface area (Å²) in [5.41, 5.74) is -0.952. The lowest BCUT2D eigenvalue weighted by molar-refractivity contribution is -0.142. The maximum Gasteiger partial charge on any atom is 0.423 e. The van der Waals surface area contributed by atoms with Crippen molar-refractivity contribution >= 4 is 11.8 Å². The van der Waals surface area contributed by atoms with E-state index in [1.165, 1.54) is 7.11 Å². The smallest absolute Gasteiger partial charge is 0.423 e. The van der Waals surface area contributed by atoms with Crippen molar-refractivity contribution < 1.29 is 22.6 Å². The van der Waals surface area contributed by atoms with Crippen LogP contribution in [0.15, 0.2) is 11.4 Å². The van der Waals surface area contributed by atoms with E-state index >= 15 is 0 Å². The van der Waals surface area contributed by atoms with Crippen LogP contribution in [0.25, 0.3) is 0 Å². The van der Waals surface area contributed by atoms with Gasteiger partial charge in [-0.05, 0) is 19.1 Å². The van der Waals surface area contributed by atoms with Crippen molar-refractivity contribution in [2.75, 3.05) is 13.4 Å². The highest BCUT2D eigenvalue weighted by Gasteiger charge is 2.39. The third-order valence-corrected chi connectivity index (χ3v) is 3.50. The summed E-state index contributed by atoms with van der Waals surface area (Å²) in [6.45, 7) is 0. The molecule has 106 valence electrons. The molecule has 2 rings (SSSR count). The molecule has 0 N–H and O–H groups in total. The Bertz CT molecular complexity index is 454. The van der Waals surface area contributed by atoms with Crippen LogP contribution in [-0.4, -0.2) is 35.5 Å². The number of nitrogens with zero attached hydrogens (tertiary/aromatic N) is 2. The standard InChI is InChI=1S/C11H13F3N2O2S/c1-17-7-3-4-8(7)18-9-6(11(12,13)14)5-15-10(16-9)19-2/h5,7-8H,3-4H2,1-2H3. The Labute approximate surface area is 112 Å². The van der Waals surface area contributed by atoms with Crippen molar-refractivity contribution in [1.29, 1.82) is 0 Å². The molecule has 1 heterocycles. The molecule has 0 saturated heterocycles. The molecule has 19 heavy (non-hydrogen) atoms. The zero-order valence-electron chi connectivity index (χ0n) is 10.4. The van der Waals surface area contributed by atoms with Crippen LogP contribution in [0.1, 0.15) is 18.4 Å². The van der Waals surface area contributed by atoms with Crippen molar-refractivity contribution in [2.24, 2.45) is 0 Å². The summed E-state index contributed by atoms with van der Waals surface area (Å²) in [7, 11) is 1.51. The number of aromatic nitrogens is 2. The first-order chi connectivity index (χ1) is 8.95. The van der Waals surface area contributed by atoms with Gasteiger partial charge in [-0.1, -0.05) is 11.8 Å². The van der Waals surface area contributed by atoms with E-state index in [9.17, 15) is 13.2 Å². The van der Waals surface area contributed by atoms with E-state index in [0.29, 0.717) is 6.42 Å². The average Bonchev–Trinajstić information content (AvgIpc) is 2.33. The second-order valence-corrected chi connectivity index (χ2v) is 4.85. The second-order valence-electron chi connectivity index (χ2n) is 4.08. The van der Waals surface area contributed by atoms with Gasteiger partial charge in [0.05, 0.1) is 6.10 Å². The molecule has 0 spiro atoms. The number of halogens is 3. The van der Waals surface area contributed by atoms with E-state index in [4.69, 9.17) is 9.47 Å². The molecule has 1 aliphatic rings. The molecule has 0 aromatic carbocycles. The van der Waals surface area contributed by atoms with Gasteiger partial charge in [0.1, 0.15) is 11.7 Å². The average molecular weight is 294 g/mol. The van der Waals surface area contributed by atoms with Crippen molar-refractivity contribution in [2.45, 2.75) is 36.4 Å².